The van der Waals surface area contributed by atoms with E-state index in [0.29, 0.717) is 27.7 Å². The third-order valence-corrected chi connectivity index (χ3v) is 6.30. The molecule has 5 rings (SSSR count). The van der Waals surface area contributed by atoms with Crippen LogP contribution in [0, 0.1) is 0 Å². The molecule has 0 fully saturated rings. The average Bonchev–Trinajstić information content (AvgIpc) is 3.32. The second-order valence-electron chi connectivity index (χ2n) is 6.75. The van der Waals surface area contributed by atoms with Gasteiger partial charge >= 0.3 is 11.3 Å². The molecule has 0 saturated heterocycles. The summed E-state index contributed by atoms with van der Waals surface area (Å²) in [4.78, 5) is 31.3. The first-order valence-electron chi connectivity index (χ1n) is 9.29. The summed E-state index contributed by atoms with van der Waals surface area (Å²) < 4.78 is 1.68. The fraction of sp³-hybridized carbons (Fsp3) is 0.0909. The molecule has 1 aliphatic rings. The summed E-state index contributed by atoms with van der Waals surface area (Å²) >= 11 is 2.90. The first-order chi connectivity index (χ1) is 14.7. The highest BCUT2D eigenvalue weighted by Crippen LogP contribution is 2.38. The molecule has 6 nitrogen and oxygen atoms in total. The van der Waals surface area contributed by atoms with Crippen LogP contribution in [0.2, 0.25) is 0 Å². The maximum Gasteiger partial charge on any atom is 0.325 e. The van der Waals surface area contributed by atoms with Crippen molar-refractivity contribution in [2.75, 3.05) is 11.2 Å². The Morgan fingerprint density at radius 1 is 1.13 bits per heavy atom. The summed E-state index contributed by atoms with van der Waals surface area (Å²) in [6, 6.07) is 18.6. The Bertz CT molecular complexity index is 1290. The number of hydrogen-bond acceptors (Lipinski definition) is 5. The maximum absolute atomic E-state index is 13.7. The monoisotopic (exact) mass is 433 g/mol. The van der Waals surface area contributed by atoms with Crippen LogP contribution in [0.3, 0.4) is 0 Å². The molecule has 1 atom stereocenters. The molecule has 148 valence electrons. The van der Waals surface area contributed by atoms with E-state index in [-0.39, 0.29) is 11.5 Å². The number of nitrogens with zero attached hydrogens (tertiary/aromatic N) is 3. The van der Waals surface area contributed by atoms with Crippen LogP contribution in [0.15, 0.2) is 81.4 Å². The van der Waals surface area contributed by atoms with Crippen LogP contribution < -0.4 is 15.1 Å². The number of anilines is 1. The van der Waals surface area contributed by atoms with Crippen molar-refractivity contribution in [1.82, 2.24) is 10.1 Å². The van der Waals surface area contributed by atoms with Gasteiger partial charge in [0.05, 0.1) is 16.8 Å². The molecule has 0 saturated carbocycles. The highest BCUT2D eigenvalue weighted by atomic mass is 32.2. The molecule has 1 unspecified atom stereocenters. The lowest BCUT2D eigenvalue weighted by Crippen LogP contribution is -2.60. The van der Waals surface area contributed by atoms with Crippen molar-refractivity contribution in [3.05, 3.63) is 92.9 Å². The number of H-pyrrole nitrogens is 1. The van der Waals surface area contributed by atoms with Crippen LogP contribution >= 0.6 is 23.1 Å². The number of carbonyl (C=O) groups is 1. The standard InChI is InChI=1S/C22H16N4O2S2/c1-29-22-23-19(27)18-16-9-5-6-10-17(16)25(21(28)14-7-3-2-4-8-14)20(26(18)24-22)15-11-12-30-13-15/h2-13,20H,1H3/p+1. The third kappa shape index (κ3) is 2.96. The summed E-state index contributed by atoms with van der Waals surface area (Å²) in [6.07, 6.45) is 1.29. The van der Waals surface area contributed by atoms with Gasteiger partial charge < -0.3 is 0 Å². The number of hydrogen-bond donors (Lipinski definition) is 1. The molecule has 2 aromatic heterocycles. The number of benzene rings is 2. The molecule has 1 amide bonds. The van der Waals surface area contributed by atoms with Gasteiger partial charge in [-0.25, -0.2) is 4.90 Å². The van der Waals surface area contributed by atoms with E-state index in [1.165, 1.54) is 11.8 Å². The molecule has 1 N–H and O–H groups in total. The topological polar surface area (TPSA) is 69.9 Å². The lowest BCUT2D eigenvalue weighted by atomic mass is 10.0. The molecular weight excluding hydrogens is 416 g/mol. The van der Waals surface area contributed by atoms with Crippen molar-refractivity contribution in [2.45, 2.75) is 11.3 Å². The third-order valence-electron chi connectivity index (χ3n) is 5.03. The van der Waals surface area contributed by atoms with E-state index in [9.17, 15) is 9.59 Å². The van der Waals surface area contributed by atoms with Gasteiger partial charge in [-0.1, -0.05) is 42.1 Å². The number of carbonyl (C=O) groups excluding carboxylic acids is 1. The van der Waals surface area contributed by atoms with Gasteiger partial charge in [-0.15, -0.1) is 0 Å². The summed E-state index contributed by atoms with van der Waals surface area (Å²) in [6.45, 7) is 0. The summed E-state index contributed by atoms with van der Waals surface area (Å²) in [5, 5.41) is 9.14. The summed E-state index contributed by atoms with van der Waals surface area (Å²) in [7, 11) is 0. The lowest BCUT2D eigenvalue weighted by molar-refractivity contribution is -0.763. The summed E-state index contributed by atoms with van der Waals surface area (Å²) in [5.74, 6) is -0.148. The van der Waals surface area contributed by atoms with Crippen molar-refractivity contribution >= 4 is 34.7 Å². The minimum absolute atomic E-state index is 0.148. The number of thiophene rings is 1. The second-order valence-corrected chi connectivity index (χ2v) is 8.32. The molecule has 1 aliphatic heterocycles. The Hall–Kier alpha value is -3.23. The largest absolute Gasteiger partial charge is 0.325 e. The zero-order chi connectivity index (χ0) is 20.7. The molecule has 3 heterocycles. The number of fused-ring (bicyclic) bond motifs is 3. The van der Waals surface area contributed by atoms with Crippen molar-refractivity contribution in [1.29, 1.82) is 0 Å². The normalized spacial score (nSPS) is 14.8. The van der Waals surface area contributed by atoms with E-state index in [1.54, 1.807) is 33.1 Å². The number of amides is 1. The van der Waals surface area contributed by atoms with E-state index >= 15 is 0 Å². The molecular formula is C22H17N4O2S2+. The van der Waals surface area contributed by atoms with Crippen LogP contribution in [0.5, 0.6) is 0 Å². The summed E-state index contributed by atoms with van der Waals surface area (Å²) in [5.41, 5.74) is 3.05. The van der Waals surface area contributed by atoms with E-state index in [2.05, 4.69) is 4.98 Å². The minimum Gasteiger partial charge on any atom is -0.291 e. The molecule has 8 heteroatoms. The van der Waals surface area contributed by atoms with E-state index in [0.717, 1.165) is 5.56 Å². The minimum atomic E-state index is -0.568. The second kappa shape index (κ2) is 7.55. The Morgan fingerprint density at radius 3 is 2.63 bits per heavy atom. The molecule has 0 bridgehead atoms. The van der Waals surface area contributed by atoms with Gasteiger partial charge in [-0.05, 0) is 46.6 Å². The van der Waals surface area contributed by atoms with Gasteiger partial charge in [0, 0.05) is 16.0 Å². The predicted octanol–water partition coefficient (Wildman–Crippen LogP) is 3.72. The van der Waals surface area contributed by atoms with Crippen molar-refractivity contribution in [3.8, 4) is 11.3 Å². The van der Waals surface area contributed by atoms with Gasteiger partial charge in [0.15, 0.2) is 0 Å². The zero-order valence-electron chi connectivity index (χ0n) is 16.0. The smallest absolute Gasteiger partial charge is 0.291 e. The first kappa shape index (κ1) is 18.8. The average molecular weight is 434 g/mol. The van der Waals surface area contributed by atoms with Crippen LogP contribution in [-0.4, -0.2) is 22.2 Å². The number of rotatable bonds is 3. The van der Waals surface area contributed by atoms with Gasteiger partial charge in [0.25, 0.3) is 12.1 Å². The van der Waals surface area contributed by atoms with E-state index in [4.69, 9.17) is 5.10 Å². The fourth-order valence-corrected chi connectivity index (χ4v) is 4.76. The Kier molecular flexibility index (Phi) is 4.72. The van der Waals surface area contributed by atoms with Gasteiger partial charge in [-0.3, -0.25) is 14.6 Å². The predicted molar refractivity (Wildman–Crippen MR) is 118 cm³/mol. The number of nitrogens with one attached hydrogen (secondary N) is 1. The van der Waals surface area contributed by atoms with Crippen LogP contribution in [0.4, 0.5) is 5.69 Å². The van der Waals surface area contributed by atoms with Gasteiger partial charge in [-0.2, -0.15) is 11.3 Å². The van der Waals surface area contributed by atoms with Gasteiger partial charge in [0.1, 0.15) is 0 Å². The molecule has 0 aliphatic carbocycles. The van der Waals surface area contributed by atoms with Crippen molar-refractivity contribution in [3.63, 3.8) is 0 Å². The van der Waals surface area contributed by atoms with Crippen LogP contribution in [-0.2, 0) is 0 Å². The molecule has 30 heavy (non-hydrogen) atoms. The Balaban J connectivity index is 1.83. The fourth-order valence-electron chi connectivity index (χ4n) is 3.73. The lowest BCUT2D eigenvalue weighted by Gasteiger charge is -2.31. The van der Waals surface area contributed by atoms with E-state index in [1.807, 2.05) is 65.5 Å². The van der Waals surface area contributed by atoms with E-state index < -0.39 is 6.17 Å². The highest BCUT2D eigenvalue weighted by molar-refractivity contribution is 7.98. The van der Waals surface area contributed by atoms with Gasteiger partial charge in [0.2, 0.25) is 5.16 Å². The highest BCUT2D eigenvalue weighted by Gasteiger charge is 2.46. The Labute approximate surface area is 180 Å². The molecule has 0 spiro atoms. The molecule has 0 radical (unpaired) electrons. The molecule has 4 aromatic rings. The SMILES string of the molecule is CSc1n[n+]2c(c(=O)[nH]1)-c1ccccc1N(C(=O)c1ccccc1)C2c1ccsc1. The zero-order valence-corrected chi connectivity index (χ0v) is 17.6. The van der Waals surface area contributed by atoms with Crippen LogP contribution in [0.1, 0.15) is 22.1 Å². The quantitative estimate of drug-likeness (QED) is 0.395. The van der Waals surface area contributed by atoms with Crippen molar-refractivity contribution in [2.24, 2.45) is 0 Å². The number of thioether (sulfide) groups is 1. The Morgan fingerprint density at radius 2 is 1.90 bits per heavy atom. The maximum atomic E-state index is 13.7. The first-order valence-corrected chi connectivity index (χ1v) is 11.5. The van der Waals surface area contributed by atoms with Crippen LogP contribution in [0.25, 0.3) is 11.3 Å². The molecule has 2 aromatic carbocycles. The number of para-hydroxylation sites is 1. The number of aromatic nitrogens is 3. The van der Waals surface area contributed by atoms with Crippen molar-refractivity contribution < 1.29 is 9.48 Å². The number of aromatic amines is 1.